The molecular weight excluding hydrogens is 306 g/mol. The molecule has 2 heterocycles. The molecule has 1 aromatic carbocycles. The second-order valence-corrected chi connectivity index (χ2v) is 6.36. The minimum atomic E-state index is -0.910. The molecule has 3 rings (SSSR count). The highest BCUT2D eigenvalue weighted by atomic mass is 16.4. The van der Waals surface area contributed by atoms with Crippen LogP contribution in [0.1, 0.15) is 53.8 Å². The minimum Gasteiger partial charge on any atom is -0.481 e. The summed E-state index contributed by atoms with van der Waals surface area (Å²) in [5.41, 5.74) is 2.54. The topological polar surface area (TPSA) is 75.4 Å². The molecule has 0 aliphatic carbocycles. The molecule has 1 aromatic heterocycles. The number of hydrogen-bond acceptors (Lipinski definition) is 3. The van der Waals surface area contributed by atoms with Gasteiger partial charge in [-0.25, -0.2) is 0 Å². The standard InChI is InChI=1S/C18H21N3O3/c1-12(2)21-11-14(10-19-21)18(24)20-8-7-13-5-3-4-6-15(13)16(20)9-17(22)23/h3-6,10-12,16H,7-9H2,1-2H3,(H,22,23). The van der Waals surface area contributed by atoms with Crippen molar-refractivity contribution in [3.63, 3.8) is 0 Å². The molecule has 0 bridgehead atoms. The van der Waals surface area contributed by atoms with E-state index in [0.717, 1.165) is 17.5 Å². The Balaban J connectivity index is 1.93. The van der Waals surface area contributed by atoms with Gasteiger partial charge < -0.3 is 10.0 Å². The fraction of sp³-hybridized carbons (Fsp3) is 0.389. The van der Waals surface area contributed by atoms with E-state index in [2.05, 4.69) is 5.10 Å². The summed E-state index contributed by atoms with van der Waals surface area (Å²) in [7, 11) is 0. The van der Waals surface area contributed by atoms with Crippen molar-refractivity contribution in [1.29, 1.82) is 0 Å². The van der Waals surface area contributed by atoms with Gasteiger partial charge in [-0.1, -0.05) is 24.3 Å². The molecular formula is C18H21N3O3. The normalized spacial score (nSPS) is 17.0. The first-order chi connectivity index (χ1) is 11.5. The number of aliphatic carboxylic acids is 1. The van der Waals surface area contributed by atoms with Crippen molar-refractivity contribution < 1.29 is 14.7 Å². The summed E-state index contributed by atoms with van der Waals surface area (Å²) in [6.07, 6.45) is 3.92. The molecule has 0 fully saturated rings. The molecule has 0 saturated carbocycles. The van der Waals surface area contributed by atoms with Crippen molar-refractivity contribution in [3.05, 3.63) is 53.3 Å². The average molecular weight is 327 g/mol. The lowest BCUT2D eigenvalue weighted by molar-refractivity contribution is -0.138. The Labute approximate surface area is 140 Å². The quantitative estimate of drug-likeness (QED) is 0.937. The highest BCUT2D eigenvalue weighted by Gasteiger charge is 2.33. The van der Waals surface area contributed by atoms with Crippen molar-refractivity contribution in [2.45, 2.75) is 38.8 Å². The van der Waals surface area contributed by atoms with E-state index in [1.54, 1.807) is 22.0 Å². The largest absolute Gasteiger partial charge is 0.481 e. The number of amides is 1. The van der Waals surface area contributed by atoms with Crippen LogP contribution in [0, 0.1) is 0 Å². The van der Waals surface area contributed by atoms with Crippen LogP contribution in [0.3, 0.4) is 0 Å². The molecule has 0 saturated heterocycles. The van der Waals surface area contributed by atoms with Crippen LogP contribution in [-0.4, -0.2) is 38.2 Å². The van der Waals surface area contributed by atoms with E-state index in [1.165, 1.54) is 0 Å². The number of carboxylic acids is 1. The van der Waals surface area contributed by atoms with Crippen molar-refractivity contribution in [1.82, 2.24) is 14.7 Å². The summed E-state index contributed by atoms with van der Waals surface area (Å²) in [5.74, 6) is -1.07. The molecule has 2 aromatic rings. The van der Waals surface area contributed by atoms with E-state index in [4.69, 9.17) is 0 Å². The Bertz CT molecular complexity index is 766. The predicted octanol–water partition coefficient (Wildman–Crippen LogP) is 2.68. The smallest absolute Gasteiger partial charge is 0.305 e. The Morgan fingerprint density at radius 3 is 2.75 bits per heavy atom. The lowest BCUT2D eigenvalue weighted by Crippen LogP contribution is -2.40. The third-order valence-corrected chi connectivity index (χ3v) is 4.42. The zero-order valence-corrected chi connectivity index (χ0v) is 13.8. The second-order valence-electron chi connectivity index (χ2n) is 6.36. The summed E-state index contributed by atoms with van der Waals surface area (Å²) in [5, 5.41) is 13.5. The number of nitrogens with zero attached hydrogens (tertiary/aromatic N) is 3. The van der Waals surface area contributed by atoms with Gasteiger partial charge in [-0.3, -0.25) is 14.3 Å². The fourth-order valence-corrected chi connectivity index (χ4v) is 3.18. The van der Waals surface area contributed by atoms with Crippen LogP contribution in [-0.2, 0) is 11.2 Å². The first-order valence-electron chi connectivity index (χ1n) is 8.12. The van der Waals surface area contributed by atoms with Gasteiger partial charge in [-0.05, 0) is 31.4 Å². The van der Waals surface area contributed by atoms with Crippen LogP contribution in [0.25, 0.3) is 0 Å². The number of carbonyl (C=O) groups is 2. The number of carboxylic acid groups (broad SMARTS) is 1. The van der Waals surface area contributed by atoms with Crippen molar-refractivity contribution in [2.75, 3.05) is 6.54 Å². The maximum absolute atomic E-state index is 12.9. The summed E-state index contributed by atoms with van der Waals surface area (Å²) >= 11 is 0. The Morgan fingerprint density at radius 1 is 1.33 bits per heavy atom. The zero-order valence-electron chi connectivity index (χ0n) is 13.8. The number of fused-ring (bicyclic) bond motifs is 1. The summed E-state index contributed by atoms with van der Waals surface area (Å²) in [6, 6.07) is 7.48. The summed E-state index contributed by atoms with van der Waals surface area (Å²) in [6.45, 7) is 4.50. The van der Waals surface area contributed by atoms with Gasteiger partial charge in [-0.15, -0.1) is 0 Å². The highest BCUT2D eigenvalue weighted by Crippen LogP contribution is 2.33. The van der Waals surface area contributed by atoms with Gasteiger partial charge in [0.1, 0.15) is 0 Å². The van der Waals surface area contributed by atoms with Gasteiger partial charge in [0.15, 0.2) is 0 Å². The first-order valence-corrected chi connectivity index (χ1v) is 8.12. The van der Waals surface area contributed by atoms with Crippen molar-refractivity contribution in [3.8, 4) is 0 Å². The highest BCUT2D eigenvalue weighted by molar-refractivity contribution is 5.94. The number of benzene rings is 1. The van der Waals surface area contributed by atoms with Gasteiger partial charge in [0, 0.05) is 18.8 Å². The number of aromatic nitrogens is 2. The van der Waals surface area contributed by atoms with Crippen LogP contribution in [0.5, 0.6) is 0 Å². The Kier molecular flexibility index (Phi) is 4.38. The fourth-order valence-electron chi connectivity index (χ4n) is 3.18. The van der Waals surface area contributed by atoms with Crippen LogP contribution >= 0.6 is 0 Å². The monoisotopic (exact) mass is 327 g/mol. The lowest BCUT2D eigenvalue weighted by Gasteiger charge is -2.36. The molecule has 1 N–H and O–H groups in total. The predicted molar refractivity (Wildman–Crippen MR) is 88.8 cm³/mol. The van der Waals surface area contributed by atoms with E-state index < -0.39 is 12.0 Å². The van der Waals surface area contributed by atoms with Gasteiger partial charge in [0.25, 0.3) is 5.91 Å². The number of rotatable bonds is 4. The van der Waals surface area contributed by atoms with Gasteiger partial charge in [0.05, 0.1) is 24.2 Å². The molecule has 24 heavy (non-hydrogen) atoms. The third-order valence-electron chi connectivity index (χ3n) is 4.42. The van der Waals surface area contributed by atoms with E-state index in [0.29, 0.717) is 12.1 Å². The van der Waals surface area contributed by atoms with Crippen molar-refractivity contribution in [2.24, 2.45) is 0 Å². The molecule has 6 nitrogen and oxygen atoms in total. The van der Waals surface area contributed by atoms with Crippen molar-refractivity contribution >= 4 is 11.9 Å². The lowest BCUT2D eigenvalue weighted by atomic mass is 9.90. The van der Waals surface area contributed by atoms with E-state index in [1.807, 2.05) is 38.1 Å². The third kappa shape index (κ3) is 3.04. The van der Waals surface area contributed by atoms with E-state index >= 15 is 0 Å². The molecule has 1 unspecified atom stereocenters. The molecule has 0 radical (unpaired) electrons. The maximum Gasteiger partial charge on any atom is 0.305 e. The molecule has 1 atom stereocenters. The van der Waals surface area contributed by atoms with Gasteiger partial charge >= 0.3 is 5.97 Å². The first kappa shape index (κ1) is 16.2. The number of hydrogen-bond donors (Lipinski definition) is 1. The van der Waals surface area contributed by atoms with Crippen LogP contribution in [0.15, 0.2) is 36.7 Å². The van der Waals surface area contributed by atoms with E-state index in [-0.39, 0.29) is 18.4 Å². The molecule has 1 aliphatic rings. The Morgan fingerprint density at radius 2 is 2.08 bits per heavy atom. The van der Waals surface area contributed by atoms with Crippen LogP contribution in [0.4, 0.5) is 0 Å². The van der Waals surface area contributed by atoms with Gasteiger partial charge in [-0.2, -0.15) is 5.10 Å². The molecule has 126 valence electrons. The summed E-state index contributed by atoms with van der Waals surface area (Å²) in [4.78, 5) is 25.9. The van der Waals surface area contributed by atoms with Crippen LogP contribution < -0.4 is 0 Å². The Hall–Kier alpha value is -2.63. The zero-order chi connectivity index (χ0) is 17.3. The molecule has 6 heteroatoms. The van der Waals surface area contributed by atoms with Gasteiger partial charge in [0.2, 0.25) is 0 Å². The average Bonchev–Trinajstić information content (AvgIpc) is 3.04. The number of carbonyl (C=O) groups excluding carboxylic acids is 1. The molecule has 1 aliphatic heterocycles. The minimum absolute atomic E-state index is 0.0962. The summed E-state index contributed by atoms with van der Waals surface area (Å²) < 4.78 is 1.73. The maximum atomic E-state index is 12.9. The molecule has 1 amide bonds. The second kappa shape index (κ2) is 6.47. The van der Waals surface area contributed by atoms with Crippen LogP contribution in [0.2, 0.25) is 0 Å². The van der Waals surface area contributed by atoms with E-state index in [9.17, 15) is 14.7 Å². The SMILES string of the molecule is CC(C)n1cc(C(=O)N2CCc3ccccc3C2CC(=O)O)cn1. The molecule has 0 spiro atoms.